The fourth-order valence-electron chi connectivity index (χ4n) is 1.46. The molecule has 0 fully saturated rings. The van der Waals surface area contributed by atoms with Crippen molar-refractivity contribution in [1.29, 1.82) is 0 Å². The lowest BCUT2D eigenvalue weighted by Gasteiger charge is -2.05. The van der Waals surface area contributed by atoms with Crippen LogP contribution in [0.25, 0.3) is 5.52 Å². The highest BCUT2D eigenvalue weighted by Crippen LogP contribution is 2.15. The Morgan fingerprint density at radius 1 is 1.38 bits per heavy atom. The van der Waals surface area contributed by atoms with E-state index in [1.807, 2.05) is 23.0 Å². The number of hydrogen-bond donors (Lipinski definition) is 0. The summed E-state index contributed by atoms with van der Waals surface area (Å²) in [6.45, 7) is 6.31. The molecule has 3 nitrogen and oxygen atoms in total. The predicted molar refractivity (Wildman–Crippen MR) is 51.8 cm³/mol. The Balaban J connectivity index is 2.77. The Kier molecular flexibility index (Phi) is 1.79. The molecule has 0 N–H and O–H groups in total. The fraction of sp³-hybridized carbons (Fsp3) is 0.400. The van der Waals surface area contributed by atoms with Gasteiger partial charge in [-0.15, -0.1) is 0 Å². The maximum absolute atomic E-state index is 4.32. The highest BCUT2D eigenvalue weighted by Gasteiger charge is 2.07. The lowest BCUT2D eigenvalue weighted by molar-refractivity contribution is 0.713. The van der Waals surface area contributed by atoms with E-state index in [0.29, 0.717) is 5.92 Å². The minimum absolute atomic E-state index is 0.406. The topological polar surface area (TPSA) is 30.2 Å². The van der Waals surface area contributed by atoms with Crippen LogP contribution in [0.1, 0.15) is 31.2 Å². The molecule has 0 aliphatic carbocycles. The SMILES string of the molecule is Cc1cnn2c(C(C)C)nccc12. The molecule has 0 amide bonds. The van der Waals surface area contributed by atoms with Crippen LogP contribution in [-0.2, 0) is 0 Å². The normalized spacial score (nSPS) is 11.4. The molecule has 2 aromatic heterocycles. The van der Waals surface area contributed by atoms with Crippen LogP contribution >= 0.6 is 0 Å². The average Bonchev–Trinajstić information content (AvgIpc) is 2.48. The molecule has 2 rings (SSSR count). The van der Waals surface area contributed by atoms with Crippen LogP contribution in [0.2, 0.25) is 0 Å². The molecule has 0 aliphatic rings. The lowest BCUT2D eigenvalue weighted by atomic mass is 10.2. The second-order valence-corrected chi connectivity index (χ2v) is 3.58. The molecule has 68 valence electrons. The van der Waals surface area contributed by atoms with Gasteiger partial charge in [-0.2, -0.15) is 5.10 Å². The summed E-state index contributed by atoms with van der Waals surface area (Å²) < 4.78 is 1.92. The van der Waals surface area contributed by atoms with E-state index in [0.717, 1.165) is 11.3 Å². The minimum atomic E-state index is 0.406. The van der Waals surface area contributed by atoms with Gasteiger partial charge in [0.2, 0.25) is 0 Å². The smallest absolute Gasteiger partial charge is 0.132 e. The van der Waals surface area contributed by atoms with E-state index in [1.165, 1.54) is 5.56 Å². The number of rotatable bonds is 1. The van der Waals surface area contributed by atoms with Crippen molar-refractivity contribution in [3.63, 3.8) is 0 Å². The van der Waals surface area contributed by atoms with Crippen LogP contribution < -0.4 is 0 Å². The van der Waals surface area contributed by atoms with Gasteiger partial charge in [0, 0.05) is 12.1 Å². The highest BCUT2D eigenvalue weighted by molar-refractivity contribution is 5.52. The van der Waals surface area contributed by atoms with Gasteiger partial charge < -0.3 is 0 Å². The summed E-state index contributed by atoms with van der Waals surface area (Å²) in [6, 6.07) is 1.99. The summed E-state index contributed by atoms with van der Waals surface area (Å²) in [4.78, 5) is 4.32. The molecule has 0 aliphatic heterocycles. The Bertz CT molecular complexity index is 429. The minimum Gasteiger partial charge on any atom is -0.241 e. The van der Waals surface area contributed by atoms with Crippen LogP contribution in [0, 0.1) is 6.92 Å². The van der Waals surface area contributed by atoms with Gasteiger partial charge in [0.05, 0.1) is 11.7 Å². The van der Waals surface area contributed by atoms with E-state index in [2.05, 4.69) is 30.9 Å². The van der Waals surface area contributed by atoms with E-state index in [9.17, 15) is 0 Å². The summed E-state index contributed by atoms with van der Waals surface area (Å²) in [6.07, 6.45) is 3.72. The van der Waals surface area contributed by atoms with E-state index in [-0.39, 0.29) is 0 Å². The van der Waals surface area contributed by atoms with E-state index in [1.54, 1.807) is 0 Å². The molecule has 0 bridgehead atoms. The predicted octanol–water partition coefficient (Wildman–Crippen LogP) is 2.16. The molecule has 2 heterocycles. The molecule has 3 heteroatoms. The molecule has 0 radical (unpaired) electrons. The number of hydrogen-bond acceptors (Lipinski definition) is 2. The summed E-state index contributed by atoms with van der Waals surface area (Å²) in [5, 5.41) is 4.29. The van der Waals surface area contributed by atoms with E-state index < -0.39 is 0 Å². The zero-order chi connectivity index (χ0) is 9.42. The van der Waals surface area contributed by atoms with E-state index in [4.69, 9.17) is 0 Å². The van der Waals surface area contributed by atoms with Crippen molar-refractivity contribution in [1.82, 2.24) is 14.6 Å². The van der Waals surface area contributed by atoms with Crippen molar-refractivity contribution in [3.05, 3.63) is 29.8 Å². The maximum atomic E-state index is 4.32. The quantitative estimate of drug-likeness (QED) is 0.664. The zero-order valence-corrected chi connectivity index (χ0v) is 8.15. The fourth-order valence-corrected chi connectivity index (χ4v) is 1.46. The first-order valence-corrected chi connectivity index (χ1v) is 4.49. The Hall–Kier alpha value is -1.38. The second-order valence-electron chi connectivity index (χ2n) is 3.58. The van der Waals surface area contributed by atoms with Gasteiger partial charge in [0.15, 0.2) is 0 Å². The first-order chi connectivity index (χ1) is 6.20. The molecule has 0 aromatic carbocycles. The third-order valence-corrected chi connectivity index (χ3v) is 2.17. The summed E-state index contributed by atoms with van der Waals surface area (Å²) in [7, 11) is 0. The Morgan fingerprint density at radius 2 is 2.15 bits per heavy atom. The maximum Gasteiger partial charge on any atom is 0.132 e. The van der Waals surface area contributed by atoms with Crippen LogP contribution in [0.3, 0.4) is 0 Å². The summed E-state index contributed by atoms with van der Waals surface area (Å²) in [5.74, 6) is 1.42. The van der Waals surface area contributed by atoms with Crippen molar-refractivity contribution in [2.45, 2.75) is 26.7 Å². The molecule has 0 unspecified atom stereocenters. The zero-order valence-electron chi connectivity index (χ0n) is 8.15. The van der Waals surface area contributed by atoms with Gasteiger partial charge in [-0.25, -0.2) is 9.50 Å². The third-order valence-electron chi connectivity index (χ3n) is 2.17. The molecule has 0 saturated carbocycles. The molecule has 2 aromatic rings. The van der Waals surface area contributed by atoms with Gasteiger partial charge in [-0.1, -0.05) is 13.8 Å². The number of fused-ring (bicyclic) bond motifs is 1. The van der Waals surface area contributed by atoms with E-state index >= 15 is 0 Å². The second kappa shape index (κ2) is 2.83. The molecule has 0 spiro atoms. The van der Waals surface area contributed by atoms with Gasteiger partial charge in [0.1, 0.15) is 5.82 Å². The molecule has 0 saturated heterocycles. The van der Waals surface area contributed by atoms with Crippen molar-refractivity contribution in [2.24, 2.45) is 0 Å². The molecule has 0 atom stereocenters. The van der Waals surface area contributed by atoms with Crippen molar-refractivity contribution >= 4 is 5.52 Å². The van der Waals surface area contributed by atoms with Crippen molar-refractivity contribution < 1.29 is 0 Å². The van der Waals surface area contributed by atoms with Crippen LogP contribution in [0.4, 0.5) is 0 Å². The van der Waals surface area contributed by atoms with Crippen LogP contribution in [0.15, 0.2) is 18.5 Å². The summed E-state index contributed by atoms with van der Waals surface area (Å²) in [5.41, 5.74) is 2.35. The number of aryl methyl sites for hydroxylation is 1. The molecular formula is C10H13N3. The molecule has 13 heavy (non-hydrogen) atoms. The Labute approximate surface area is 77.4 Å². The summed E-state index contributed by atoms with van der Waals surface area (Å²) >= 11 is 0. The van der Waals surface area contributed by atoms with Gasteiger partial charge >= 0.3 is 0 Å². The third kappa shape index (κ3) is 1.20. The number of aromatic nitrogens is 3. The Morgan fingerprint density at radius 3 is 2.85 bits per heavy atom. The van der Waals surface area contributed by atoms with Crippen molar-refractivity contribution in [3.8, 4) is 0 Å². The number of nitrogens with zero attached hydrogens (tertiary/aromatic N) is 3. The van der Waals surface area contributed by atoms with Crippen molar-refractivity contribution in [2.75, 3.05) is 0 Å². The van der Waals surface area contributed by atoms with Crippen LogP contribution in [0.5, 0.6) is 0 Å². The highest BCUT2D eigenvalue weighted by atomic mass is 15.3. The van der Waals surface area contributed by atoms with Gasteiger partial charge in [-0.05, 0) is 18.6 Å². The molecular weight excluding hydrogens is 162 g/mol. The first-order valence-electron chi connectivity index (χ1n) is 4.49. The largest absolute Gasteiger partial charge is 0.241 e. The standard InChI is InChI=1S/C10H13N3/c1-7(2)10-11-5-4-9-8(3)6-12-13(9)10/h4-7H,1-3H3. The van der Waals surface area contributed by atoms with Gasteiger partial charge in [-0.3, -0.25) is 0 Å². The van der Waals surface area contributed by atoms with Crippen LogP contribution in [-0.4, -0.2) is 14.6 Å². The first kappa shape index (κ1) is 8.23. The lowest BCUT2D eigenvalue weighted by Crippen LogP contribution is -2.03. The van der Waals surface area contributed by atoms with Gasteiger partial charge in [0.25, 0.3) is 0 Å². The average molecular weight is 175 g/mol. The monoisotopic (exact) mass is 175 g/mol.